The first-order valence-electron chi connectivity index (χ1n) is 8.33. The Labute approximate surface area is 138 Å². The Morgan fingerprint density at radius 1 is 1.39 bits per heavy atom. The Balaban J connectivity index is 1.59. The molecule has 1 heterocycles. The summed E-state index contributed by atoms with van der Waals surface area (Å²) in [7, 11) is 1.80. The molecule has 0 aromatic heterocycles. The molecule has 1 aromatic carbocycles. The number of benzene rings is 1. The third-order valence-corrected chi connectivity index (χ3v) is 3.93. The first-order chi connectivity index (χ1) is 11.2. The number of ether oxygens (including phenoxy) is 3. The molecule has 1 aromatic rings. The molecule has 1 amide bonds. The van der Waals surface area contributed by atoms with Gasteiger partial charge in [-0.2, -0.15) is 0 Å². The average molecular weight is 321 g/mol. The summed E-state index contributed by atoms with van der Waals surface area (Å²) in [6, 6.07) is 9.69. The van der Waals surface area contributed by atoms with Crippen LogP contribution in [0.5, 0.6) is 5.75 Å². The average Bonchev–Trinajstić information content (AvgIpc) is 3.10. The Morgan fingerprint density at radius 3 is 2.87 bits per heavy atom. The SMILES string of the molecule is C[C@@H](OC[C@@H]1CCCO1)C(=O)N(C)CCCOc1ccccc1. The van der Waals surface area contributed by atoms with Gasteiger partial charge in [0.2, 0.25) is 0 Å². The van der Waals surface area contributed by atoms with Crippen LogP contribution in [-0.2, 0) is 14.3 Å². The zero-order chi connectivity index (χ0) is 16.5. The molecule has 2 rings (SSSR count). The van der Waals surface area contributed by atoms with E-state index in [-0.39, 0.29) is 12.0 Å². The highest BCUT2D eigenvalue weighted by atomic mass is 16.5. The number of carbonyl (C=O) groups excluding carboxylic acids is 1. The molecule has 1 aliphatic heterocycles. The maximum absolute atomic E-state index is 12.2. The van der Waals surface area contributed by atoms with Crippen LogP contribution in [-0.4, -0.2) is 56.4 Å². The highest BCUT2D eigenvalue weighted by molar-refractivity contribution is 5.80. The van der Waals surface area contributed by atoms with E-state index in [1.54, 1.807) is 18.9 Å². The molecule has 1 saturated heterocycles. The number of para-hydroxylation sites is 1. The van der Waals surface area contributed by atoms with Gasteiger partial charge in [0.25, 0.3) is 5.91 Å². The monoisotopic (exact) mass is 321 g/mol. The van der Waals surface area contributed by atoms with Crippen molar-refractivity contribution >= 4 is 5.91 Å². The fraction of sp³-hybridized carbons (Fsp3) is 0.611. The number of amides is 1. The number of nitrogens with zero attached hydrogens (tertiary/aromatic N) is 1. The summed E-state index contributed by atoms with van der Waals surface area (Å²) >= 11 is 0. The number of carbonyl (C=O) groups is 1. The molecule has 0 aliphatic carbocycles. The molecule has 1 aliphatic rings. The van der Waals surface area contributed by atoms with E-state index in [4.69, 9.17) is 14.2 Å². The molecule has 5 heteroatoms. The van der Waals surface area contributed by atoms with E-state index in [0.717, 1.165) is 31.6 Å². The van der Waals surface area contributed by atoms with Gasteiger partial charge in [-0.05, 0) is 38.3 Å². The van der Waals surface area contributed by atoms with Gasteiger partial charge in [-0.3, -0.25) is 4.79 Å². The lowest BCUT2D eigenvalue weighted by molar-refractivity contribution is -0.143. The number of hydrogen-bond acceptors (Lipinski definition) is 4. The molecule has 0 bridgehead atoms. The fourth-order valence-electron chi connectivity index (χ4n) is 2.53. The zero-order valence-corrected chi connectivity index (χ0v) is 14.1. The summed E-state index contributed by atoms with van der Waals surface area (Å²) in [5.41, 5.74) is 0. The first-order valence-corrected chi connectivity index (χ1v) is 8.33. The quantitative estimate of drug-likeness (QED) is 0.656. The second kappa shape index (κ2) is 9.53. The second-order valence-electron chi connectivity index (χ2n) is 5.89. The van der Waals surface area contributed by atoms with Crippen molar-refractivity contribution < 1.29 is 19.0 Å². The van der Waals surface area contributed by atoms with E-state index in [1.165, 1.54) is 0 Å². The summed E-state index contributed by atoms with van der Waals surface area (Å²) in [5.74, 6) is 0.859. The third-order valence-electron chi connectivity index (χ3n) is 3.93. The van der Waals surface area contributed by atoms with Gasteiger partial charge in [-0.25, -0.2) is 0 Å². The summed E-state index contributed by atoms with van der Waals surface area (Å²) in [6.45, 7) is 4.34. The van der Waals surface area contributed by atoms with Gasteiger partial charge in [0.1, 0.15) is 11.9 Å². The van der Waals surface area contributed by atoms with Crippen molar-refractivity contribution in [1.82, 2.24) is 4.90 Å². The Kier molecular flexibility index (Phi) is 7.36. The van der Waals surface area contributed by atoms with Crippen LogP contribution in [0, 0.1) is 0 Å². The Morgan fingerprint density at radius 2 is 2.17 bits per heavy atom. The molecule has 128 valence electrons. The van der Waals surface area contributed by atoms with Gasteiger partial charge in [0.05, 0.1) is 19.3 Å². The lowest BCUT2D eigenvalue weighted by Gasteiger charge is -2.22. The minimum Gasteiger partial charge on any atom is -0.494 e. The van der Waals surface area contributed by atoms with Crippen molar-refractivity contribution in [3.05, 3.63) is 30.3 Å². The molecule has 23 heavy (non-hydrogen) atoms. The lowest BCUT2D eigenvalue weighted by atomic mass is 10.2. The number of hydrogen-bond donors (Lipinski definition) is 0. The van der Waals surface area contributed by atoms with E-state index in [2.05, 4.69) is 0 Å². The molecule has 5 nitrogen and oxygen atoms in total. The van der Waals surface area contributed by atoms with Crippen LogP contribution < -0.4 is 4.74 Å². The maximum atomic E-state index is 12.2. The van der Waals surface area contributed by atoms with Crippen molar-refractivity contribution in [2.75, 3.05) is 33.4 Å². The van der Waals surface area contributed by atoms with Gasteiger partial charge in [-0.1, -0.05) is 18.2 Å². The molecule has 2 atom stereocenters. The van der Waals surface area contributed by atoms with Gasteiger partial charge in [-0.15, -0.1) is 0 Å². The molecule has 0 spiro atoms. The normalized spacial score (nSPS) is 18.6. The van der Waals surface area contributed by atoms with E-state index >= 15 is 0 Å². The van der Waals surface area contributed by atoms with Crippen LogP contribution in [0.25, 0.3) is 0 Å². The van der Waals surface area contributed by atoms with Crippen LogP contribution in [0.1, 0.15) is 26.2 Å². The topological polar surface area (TPSA) is 48.0 Å². The summed E-state index contributed by atoms with van der Waals surface area (Å²) in [5, 5.41) is 0. The summed E-state index contributed by atoms with van der Waals surface area (Å²) < 4.78 is 16.8. The first kappa shape index (κ1) is 17.8. The second-order valence-corrected chi connectivity index (χ2v) is 5.89. The fourth-order valence-corrected chi connectivity index (χ4v) is 2.53. The highest BCUT2D eigenvalue weighted by Gasteiger charge is 2.21. The minimum atomic E-state index is -0.431. The molecule has 0 unspecified atom stereocenters. The maximum Gasteiger partial charge on any atom is 0.251 e. The van der Waals surface area contributed by atoms with Crippen LogP contribution in [0.15, 0.2) is 30.3 Å². The highest BCUT2D eigenvalue weighted by Crippen LogP contribution is 2.13. The van der Waals surface area contributed by atoms with Gasteiger partial charge in [0.15, 0.2) is 0 Å². The minimum absolute atomic E-state index is 0.00251. The van der Waals surface area contributed by atoms with Gasteiger partial charge < -0.3 is 19.1 Å². The molecule has 0 N–H and O–H groups in total. The molecule has 0 saturated carbocycles. The Bertz CT molecular complexity index is 459. The summed E-state index contributed by atoms with van der Waals surface area (Å²) in [4.78, 5) is 13.9. The van der Waals surface area contributed by atoms with E-state index < -0.39 is 6.10 Å². The predicted molar refractivity (Wildman–Crippen MR) is 88.6 cm³/mol. The molecule has 1 fully saturated rings. The van der Waals surface area contributed by atoms with Crippen molar-refractivity contribution in [1.29, 1.82) is 0 Å². The Hall–Kier alpha value is -1.59. The van der Waals surface area contributed by atoms with E-state index in [0.29, 0.717) is 19.8 Å². The van der Waals surface area contributed by atoms with Gasteiger partial charge >= 0.3 is 0 Å². The molecular formula is C18H27NO4. The summed E-state index contributed by atoms with van der Waals surface area (Å²) in [6.07, 6.45) is 2.61. The molecule has 0 radical (unpaired) electrons. The van der Waals surface area contributed by atoms with Gasteiger partial charge in [0, 0.05) is 20.2 Å². The smallest absolute Gasteiger partial charge is 0.251 e. The van der Waals surface area contributed by atoms with Crippen molar-refractivity contribution in [3.8, 4) is 5.75 Å². The number of rotatable bonds is 9. The molecular weight excluding hydrogens is 294 g/mol. The lowest BCUT2D eigenvalue weighted by Crippen LogP contribution is -2.38. The zero-order valence-electron chi connectivity index (χ0n) is 14.1. The van der Waals surface area contributed by atoms with E-state index in [1.807, 2.05) is 30.3 Å². The van der Waals surface area contributed by atoms with Crippen LogP contribution in [0.2, 0.25) is 0 Å². The standard InChI is InChI=1S/C18H27NO4/c1-15(23-14-17-10-6-12-22-17)18(20)19(2)11-7-13-21-16-8-4-3-5-9-16/h3-5,8-9,15,17H,6-7,10-14H2,1-2H3/t15-,17+/m1/s1. The van der Waals surface area contributed by atoms with Crippen LogP contribution >= 0.6 is 0 Å². The predicted octanol–water partition coefficient (Wildman–Crippen LogP) is 2.50. The van der Waals surface area contributed by atoms with Crippen LogP contribution in [0.3, 0.4) is 0 Å². The van der Waals surface area contributed by atoms with Crippen LogP contribution in [0.4, 0.5) is 0 Å². The van der Waals surface area contributed by atoms with Crippen molar-refractivity contribution in [2.45, 2.75) is 38.4 Å². The van der Waals surface area contributed by atoms with E-state index in [9.17, 15) is 4.79 Å². The van der Waals surface area contributed by atoms with Crippen molar-refractivity contribution in [3.63, 3.8) is 0 Å². The largest absolute Gasteiger partial charge is 0.494 e. The third kappa shape index (κ3) is 6.20. The van der Waals surface area contributed by atoms with Crippen molar-refractivity contribution in [2.24, 2.45) is 0 Å². The number of likely N-dealkylation sites (N-methyl/N-ethyl adjacent to an activating group) is 1.